The standard InChI is InChI=1S/C9H14N4OS/c1-6-3-10-9(15-5-6)11-4-8-12-7(2)14-13-8/h6H,3-5H2,1-2H3,(H,10,11). The summed E-state index contributed by atoms with van der Waals surface area (Å²) in [6.07, 6.45) is 0. The van der Waals surface area contributed by atoms with Crippen LogP contribution in [-0.2, 0) is 6.54 Å². The van der Waals surface area contributed by atoms with Crippen LogP contribution in [0.1, 0.15) is 18.6 Å². The highest BCUT2D eigenvalue weighted by atomic mass is 32.2. The van der Waals surface area contributed by atoms with Gasteiger partial charge in [0.25, 0.3) is 0 Å². The lowest BCUT2D eigenvalue weighted by Crippen LogP contribution is -2.26. The lowest BCUT2D eigenvalue weighted by atomic mass is 10.2. The van der Waals surface area contributed by atoms with Crippen molar-refractivity contribution in [2.45, 2.75) is 20.4 Å². The van der Waals surface area contributed by atoms with Gasteiger partial charge in [-0.2, -0.15) is 4.98 Å². The highest BCUT2D eigenvalue weighted by Crippen LogP contribution is 2.15. The fourth-order valence-corrected chi connectivity index (χ4v) is 2.12. The molecule has 1 unspecified atom stereocenters. The topological polar surface area (TPSA) is 63.3 Å². The van der Waals surface area contributed by atoms with Gasteiger partial charge >= 0.3 is 0 Å². The summed E-state index contributed by atoms with van der Waals surface area (Å²) in [6, 6.07) is 0. The first-order chi connectivity index (χ1) is 7.24. The zero-order chi connectivity index (χ0) is 10.7. The Balaban J connectivity index is 1.83. The SMILES string of the molecule is Cc1nc(CNC2=NCC(C)CS2)no1. The molecule has 6 heteroatoms. The van der Waals surface area contributed by atoms with E-state index in [4.69, 9.17) is 4.52 Å². The molecule has 1 aromatic heterocycles. The second-order valence-corrected chi connectivity index (χ2v) is 4.65. The predicted molar refractivity (Wildman–Crippen MR) is 59.8 cm³/mol. The smallest absolute Gasteiger partial charge is 0.223 e. The molecule has 82 valence electrons. The largest absolute Gasteiger partial charge is 0.357 e. The molecule has 5 nitrogen and oxygen atoms in total. The van der Waals surface area contributed by atoms with E-state index in [0.29, 0.717) is 24.2 Å². The van der Waals surface area contributed by atoms with Gasteiger partial charge < -0.3 is 9.84 Å². The number of aliphatic imine (C=N–C) groups is 1. The third-order valence-electron chi connectivity index (χ3n) is 2.02. The van der Waals surface area contributed by atoms with Gasteiger partial charge in [-0.15, -0.1) is 0 Å². The number of hydrogen-bond acceptors (Lipinski definition) is 6. The number of thioether (sulfide) groups is 1. The average Bonchev–Trinajstić information content (AvgIpc) is 2.64. The first-order valence-corrected chi connectivity index (χ1v) is 5.93. The second kappa shape index (κ2) is 4.65. The van der Waals surface area contributed by atoms with E-state index in [0.717, 1.165) is 17.5 Å². The van der Waals surface area contributed by atoms with Gasteiger partial charge in [0.15, 0.2) is 11.0 Å². The molecule has 0 radical (unpaired) electrons. The van der Waals surface area contributed by atoms with E-state index in [1.54, 1.807) is 18.7 Å². The minimum Gasteiger partial charge on any atom is -0.357 e. The number of nitrogens with one attached hydrogen (secondary N) is 1. The first kappa shape index (κ1) is 10.5. The number of hydrogen-bond donors (Lipinski definition) is 1. The Bertz CT molecular complexity index is 363. The number of rotatable bonds is 2. The van der Waals surface area contributed by atoms with Gasteiger partial charge in [-0.1, -0.05) is 23.8 Å². The zero-order valence-electron chi connectivity index (χ0n) is 8.86. The van der Waals surface area contributed by atoms with Crippen molar-refractivity contribution in [2.75, 3.05) is 12.3 Å². The lowest BCUT2D eigenvalue weighted by molar-refractivity contribution is 0.387. The Morgan fingerprint density at radius 1 is 1.60 bits per heavy atom. The number of aryl methyl sites for hydroxylation is 1. The summed E-state index contributed by atoms with van der Waals surface area (Å²) in [5.41, 5.74) is 0. The summed E-state index contributed by atoms with van der Waals surface area (Å²) in [6.45, 7) is 5.47. The van der Waals surface area contributed by atoms with Crippen LogP contribution in [0.25, 0.3) is 0 Å². The molecular formula is C9H14N4OS. The van der Waals surface area contributed by atoms with Gasteiger partial charge in [0, 0.05) is 19.2 Å². The van der Waals surface area contributed by atoms with Crippen molar-refractivity contribution in [1.29, 1.82) is 0 Å². The molecule has 0 saturated carbocycles. The maximum atomic E-state index is 4.87. The van der Waals surface area contributed by atoms with Crippen LogP contribution in [0.2, 0.25) is 0 Å². The van der Waals surface area contributed by atoms with Crippen LogP contribution in [0, 0.1) is 12.8 Å². The normalized spacial score (nSPS) is 21.2. The molecule has 2 heterocycles. The minimum absolute atomic E-state index is 0.581. The summed E-state index contributed by atoms with van der Waals surface area (Å²) >= 11 is 1.75. The van der Waals surface area contributed by atoms with Crippen molar-refractivity contribution in [3.8, 4) is 0 Å². The molecule has 0 aromatic carbocycles. The third kappa shape index (κ3) is 2.95. The van der Waals surface area contributed by atoms with Gasteiger partial charge in [0.05, 0.1) is 6.54 Å². The fraction of sp³-hybridized carbons (Fsp3) is 0.667. The lowest BCUT2D eigenvalue weighted by Gasteiger charge is -2.16. The Morgan fingerprint density at radius 3 is 3.07 bits per heavy atom. The van der Waals surface area contributed by atoms with Gasteiger partial charge in [-0.3, -0.25) is 4.99 Å². The van der Waals surface area contributed by atoms with E-state index in [2.05, 4.69) is 27.4 Å². The molecule has 0 spiro atoms. The molecule has 0 saturated heterocycles. The summed E-state index contributed by atoms with van der Waals surface area (Å²) < 4.78 is 4.87. The molecule has 1 atom stereocenters. The summed E-state index contributed by atoms with van der Waals surface area (Å²) in [4.78, 5) is 8.52. The number of amidine groups is 1. The Kier molecular flexibility index (Phi) is 3.25. The van der Waals surface area contributed by atoms with Crippen LogP contribution in [0.3, 0.4) is 0 Å². The number of aromatic nitrogens is 2. The van der Waals surface area contributed by atoms with Crippen LogP contribution in [-0.4, -0.2) is 27.6 Å². The maximum absolute atomic E-state index is 4.87. The highest BCUT2D eigenvalue weighted by molar-refractivity contribution is 8.13. The molecular weight excluding hydrogens is 212 g/mol. The quantitative estimate of drug-likeness (QED) is 0.821. The first-order valence-electron chi connectivity index (χ1n) is 4.94. The molecule has 1 aliphatic rings. The predicted octanol–water partition coefficient (Wildman–Crippen LogP) is 1.21. The molecule has 0 amide bonds. The second-order valence-electron chi connectivity index (χ2n) is 3.65. The van der Waals surface area contributed by atoms with Crippen molar-refractivity contribution >= 4 is 16.9 Å². The molecule has 1 aromatic rings. The van der Waals surface area contributed by atoms with Crippen molar-refractivity contribution in [1.82, 2.24) is 15.5 Å². The van der Waals surface area contributed by atoms with E-state index in [1.165, 1.54) is 0 Å². The molecule has 2 rings (SSSR count). The molecule has 0 aliphatic carbocycles. The van der Waals surface area contributed by atoms with Gasteiger partial charge in [0.2, 0.25) is 5.89 Å². The van der Waals surface area contributed by atoms with Gasteiger partial charge in [-0.05, 0) is 5.92 Å². The van der Waals surface area contributed by atoms with Crippen molar-refractivity contribution in [2.24, 2.45) is 10.9 Å². The van der Waals surface area contributed by atoms with E-state index < -0.39 is 0 Å². The molecule has 0 bridgehead atoms. The summed E-state index contributed by atoms with van der Waals surface area (Å²) in [5.74, 6) is 3.07. The molecule has 0 fully saturated rings. The van der Waals surface area contributed by atoms with Gasteiger partial charge in [-0.25, -0.2) is 0 Å². The Morgan fingerprint density at radius 2 is 2.47 bits per heavy atom. The molecule has 1 aliphatic heterocycles. The van der Waals surface area contributed by atoms with Crippen molar-refractivity contribution in [3.63, 3.8) is 0 Å². The van der Waals surface area contributed by atoms with Crippen LogP contribution < -0.4 is 5.32 Å². The van der Waals surface area contributed by atoms with Crippen LogP contribution >= 0.6 is 11.8 Å². The summed E-state index contributed by atoms with van der Waals surface area (Å²) in [7, 11) is 0. The summed E-state index contributed by atoms with van der Waals surface area (Å²) in [5, 5.41) is 7.98. The molecule has 15 heavy (non-hydrogen) atoms. The van der Waals surface area contributed by atoms with Crippen LogP contribution in [0.5, 0.6) is 0 Å². The van der Waals surface area contributed by atoms with Crippen LogP contribution in [0.15, 0.2) is 9.52 Å². The monoisotopic (exact) mass is 226 g/mol. The number of nitrogens with zero attached hydrogens (tertiary/aromatic N) is 3. The van der Waals surface area contributed by atoms with E-state index in [1.807, 2.05) is 0 Å². The van der Waals surface area contributed by atoms with E-state index >= 15 is 0 Å². The minimum atomic E-state index is 0.581. The molecule has 1 N–H and O–H groups in total. The zero-order valence-corrected chi connectivity index (χ0v) is 9.67. The fourth-order valence-electron chi connectivity index (χ4n) is 1.23. The van der Waals surface area contributed by atoms with E-state index in [-0.39, 0.29) is 0 Å². The van der Waals surface area contributed by atoms with Gasteiger partial charge in [0.1, 0.15) is 0 Å². The highest BCUT2D eigenvalue weighted by Gasteiger charge is 2.12. The third-order valence-corrected chi connectivity index (χ3v) is 3.30. The average molecular weight is 226 g/mol. The van der Waals surface area contributed by atoms with E-state index in [9.17, 15) is 0 Å². The maximum Gasteiger partial charge on any atom is 0.223 e. The van der Waals surface area contributed by atoms with Crippen molar-refractivity contribution in [3.05, 3.63) is 11.7 Å². The Hall–Kier alpha value is -1.04. The van der Waals surface area contributed by atoms with Crippen LogP contribution in [0.4, 0.5) is 0 Å². The Labute approximate surface area is 92.7 Å². The van der Waals surface area contributed by atoms with Crippen molar-refractivity contribution < 1.29 is 4.52 Å².